The van der Waals surface area contributed by atoms with Gasteiger partial charge in [0.15, 0.2) is 0 Å². The van der Waals surface area contributed by atoms with Crippen LogP contribution in [0, 0.1) is 5.92 Å². The summed E-state index contributed by atoms with van der Waals surface area (Å²) in [5.74, 6) is 0.748. The minimum atomic E-state index is -0.655. The maximum Gasteiger partial charge on any atom is 0.216 e. The lowest BCUT2D eigenvalue weighted by atomic mass is 9.88. The van der Waals surface area contributed by atoms with Gasteiger partial charge in [0, 0.05) is 12.6 Å². The van der Waals surface area contributed by atoms with Crippen molar-refractivity contribution in [1.82, 2.24) is 9.80 Å². The first-order valence-corrected chi connectivity index (χ1v) is 8.02. The van der Waals surface area contributed by atoms with Gasteiger partial charge in [-0.05, 0) is 71.0 Å². The number of aliphatic hydroxyl groups excluding tert-OH is 1. The summed E-state index contributed by atoms with van der Waals surface area (Å²) in [5.41, 5.74) is 0. The van der Waals surface area contributed by atoms with Gasteiger partial charge in [-0.1, -0.05) is 0 Å². The first-order valence-electron chi connectivity index (χ1n) is 8.02. The molecule has 0 spiro atoms. The molecule has 4 nitrogen and oxygen atoms in total. The third kappa shape index (κ3) is 3.13. The van der Waals surface area contributed by atoms with E-state index in [2.05, 4.69) is 16.8 Å². The number of hydrogen-bond donors (Lipinski definition) is 1. The van der Waals surface area contributed by atoms with Gasteiger partial charge in [-0.3, -0.25) is 4.90 Å². The molecule has 3 aliphatic rings. The van der Waals surface area contributed by atoms with Crippen molar-refractivity contribution in [3.8, 4) is 0 Å². The smallest absolute Gasteiger partial charge is 0.216 e. The minimum absolute atomic E-state index is 0.314. The standard InChI is InChI=1S/C15H28N2O2/c1-16-10-7-12(8-11-16)14-6-3-9-17(14)15(18)19-13-4-2-5-13/h12-15,18H,2-11H2,1H3/t14-,15?/m0/s1. The number of hydrogen-bond acceptors (Lipinski definition) is 4. The van der Waals surface area contributed by atoms with Crippen LogP contribution in [0.4, 0.5) is 0 Å². The second kappa shape index (κ2) is 6.08. The van der Waals surface area contributed by atoms with Crippen molar-refractivity contribution in [3.63, 3.8) is 0 Å². The van der Waals surface area contributed by atoms with Crippen LogP contribution in [0.2, 0.25) is 0 Å². The molecule has 0 radical (unpaired) electrons. The van der Waals surface area contributed by atoms with Crippen LogP contribution in [0.1, 0.15) is 44.9 Å². The highest BCUT2D eigenvalue weighted by Crippen LogP contribution is 2.33. The van der Waals surface area contributed by atoms with Gasteiger partial charge >= 0.3 is 0 Å². The summed E-state index contributed by atoms with van der Waals surface area (Å²) in [7, 11) is 2.21. The Hall–Kier alpha value is -0.160. The fourth-order valence-electron chi connectivity index (χ4n) is 3.77. The highest BCUT2D eigenvalue weighted by molar-refractivity contribution is 4.88. The Balaban J connectivity index is 1.54. The normalized spacial score (nSPS) is 33.5. The molecule has 2 aliphatic heterocycles. The van der Waals surface area contributed by atoms with Gasteiger partial charge in [-0.25, -0.2) is 0 Å². The number of nitrogens with zero attached hydrogens (tertiary/aromatic N) is 2. The Bertz CT molecular complexity index is 288. The van der Waals surface area contributed by atoms with Gasteiger partial charge in [-0.2, -0.15) is 0 Å². The van der Waals surface area contributed by atoms with E-state index in [0.29, 0.717) is 12.1 Å². The van der Waals surface area contributed by atoms with E-state index < -0.39 is 6.41 Å². The molecular formula is C15H28N2O2. The molecule has 1 N–H and O–H groups in total. The van der Waals surface area contributed by atoms with Crippen molar-refractivity contribution in [1.29, 1.82) is 0 Å². The van der Waals surface area contributed by atoms with Crippen molar-refractivity contribution in [2.45, 2.75) is 63.5 Å². The van der Waals surface area contributed by atoms with Gasteiger partial charge in [-0.15, -0.1) is 0 Å². The van der Waals surface area contributed by atoms with Crippen LogP contribution < -0.4 is 0 Å². The van der Waals surface area contributed by atoms with Crippen molar-refractivity contribution >= 4 is 0 Å². The SMILES string of the molecule is CN1CCC([C@@H]2CCCN2C(O)OC2CCC2)CC1. The zero-order chi connectivity index (χ0) is 13.2. The summed E-state index contributed by atoms with van der Waals surface area (Å²) in [4.78, 5) is 4.64. The second-order valence-corrected chi connectivity index (χ2v) is 6.60. The van der Waals surface area contributed by atoms with Crippen LogP contribution in [-0.4, -0.2) is 60.1 Å². The molecule has 0 bridgehead atoms. The van der Waals surface area contributed by atoms with Gasteiger partial charge in [0.25, 0.3) is 0 Å². The molecule has 2 saturated heterocycles. The van der Waals surface area contributed by atoms with E-state index in [1.165, 1.54) is 45.2 Å². The van der Waals surface area contributed by atoms with E-state index in [1.807, 2.05) is 0 Å². The lowest BCUT2D eigenvalue weighted by molar-refractivity contribution is -0.237. The van der Waals surface area contributed by atoms with Gasteiger partial charge in [0.05, 0.1) is 6.10 Å². The molecule has 110 valence electrons. The van der Waals surface area contributed by atoms with Gasteiger partial charge < -0.3 is 14.7 Å². The summed E-state index contributed by atoms with van der Waals surface area (Å²) in [6.07, 6.45) is 8.17. The Kier molecular flexibility index (Phi) is 4.42. The van der Waals surface area contributed by atoms with E-state index in [1.54, 1.807) is 0 Å². The predicted octanol–water partition coefficient (Wildman–Crippen LogP) is 1.64. The first-order chi connectivity index (χ1) is 9.24. The van der Waals surface area contributed by atoms with Gasteiger partial charge in [0.2, 0.25) is 6.41 Å². The molecular weight excluding hydrogens is 240 g/mol. The number of piperidine rings is 1. The first kappa shape index (κ1) is 13.8. The molecule has 1 saturated carbocycles. The molecule has 1 unspecified atom stereocenters. The van der Waals surface area contributed by atoms with E-state index in [9.17, 15) is 5.11 Å². The summed E-state index contributed by atoms with van der Waals surface area (Å²) in [6, 6.07) is 0.545. The summed E-state index contributed by atoms with van der Waals surface area (Å²) in [5, 5.41) is 10.3. The average Bonchev–Trinajstić information content (AvgIpc) is 2.84. The number of likely N-dealkylation sites (tertiary alicyclic amines) is 2. The average molecular weight is 268 g/mol. The largest absolute Gasteiger partial charge is 0.356 e. The van der Waals surface area contributed by atoms with Crippen LogP contribution in [0.3, 0.4) is 0 Å². The topological polar surface area (TPSA) is 35.9 Å². The molecule has 3 rings (SSSR count). The zero-order valence-corrected chi connectivity index (χ0v) is 12.1. The fourth-order valence-corrected chi connectivity index (χ4v) is 3.77. The lowest BCUT2D eigenvalue weighted by Gasteiger charge is -2.40. The van der Waals surface area contributed by atoms with Gasteiger partial charge in [0.1, 0.15) is 0 Å². The summed E-state index contributed by atoms with van der Waals surface area (Å²) >= 11 is 0. The third-order valence-electron chi connectivity index (χ3n) is 5.30. The van der Waals surface area contributed by atoms with Crippen molar-refractivity contribution in [2.24, 2.45) is 5.92 Å². The van der Waals surface area contributed by atoms with E-state index in [0.717, 1.165) is 25.3 Å². The second-order valence-electron chi connectivity index (χ2n) is 6.60. The Labute approximate surface area is 116 Å². The van der Waals surface area contributed by atoms with Crippen LogP contribution in [-0.2, 0) is 4.74 Å². The number of ether oxygens (including phenoxy) is 1. The lowest BCUT2D eigenvalue weighted by Crippen LogP contribution is -2.48. The molecule has 2 heterocycles. The molecule has 0 aromatic carbocycles. The molecule has 0 aromatic heterocycles. The monoisotopic (exact) mass is 268 g/mol. The quantitative estimate of drug-likeness (QED) is 0.786. The Morgan fingerprint density at radius 1 is 1.00 bits per heavy atom. The van der Waals surface area contributed by atoms with E-state index >= 15 is 0 Å². The third-order valence-corrected chi connectivity index (χ3v) is 5.30. The highest BCUT2D eigenvalue weighted by atomic mass is 16.6. The van der Waals surface area contributed by atoms with Crippen molar-refractivity contribution < 1.29 is 9.84 Å². The molecule has 0 aromatic rings. The summed E-state index contributed by atoms with van der Waals surface area (Å²) < 4.78 is 5.78. The molecule has 2 atom stereocenters. The Morgan fingerprint density at radius 2 is 1.74 bits per heavy atom. The molecule has 1 aliphatic carbocycles. The maximum atomic E-state index is 10.3. The number of aliphatic hydroxyl groups is 1. The predicted molar refractivity (Wildman–Crippen MR) is 74.7 cm³/mol. The number of rotatable bonds is 4. The van der Waals surface area contributed by atoms with Crippen LogP contribution in [0.5, 0.6) is 0 Å². The molecule has 0 amide bonds. The summed E-state index contributed by atoms with van der Waals surface area (Å²) in [6.45, 7) is 3.41. The van der Waals surface area contributed by atoms with Crippen LogP contribution >= 0.6 is 0 Å². The van der Waals surface area contributed by atoms with E-state index in [-0.39, 0.29) is 0 Å². The fraction of sp³-hybridized carbons (Fsp3) is 1.00. The maximum absolute atomic E-state index is 10.3. The zero-order valence-electron chi connectivity index (χ0n) is 12.1. The highest BCUT2D eigenvalue weighted by Gasteiger charge is 2.37. The van der Waals surface area contributed by atoms with E-state index in [4.69, 9.17) is 4.74 Å². The Morgan fingerprint density at radius 3 is 2.37 bits per heavy atom. The van der Waals surface area contributed by atoms with Crippen LogP contribution in [0.15, 0.2) is 0 Å². The van der Waals surface area contributed by atoms with Crippen molar-refractivity contribution in [2.75, 3.05) is 26.7 Å². The van der Waals surface area contributed by atoms with Crippen molar-refractivity contribution in [3.05, 3.63) is 0 Å². The molecule has 4 heteroatoms. The minimum Gasteiger partial charge on any atom is -0.356 e. The molecule has 19 heavy (non-hydrogen) atoms. The van der Waals surface area contributed by atoms with Crippen LogP contribution in [0.25, 0.3) is 0 Å². The molecule has 3 fully saturated rings.